The first kappa shape index (κ1) is 17.4. The molecule has 9 atom stereocenters. The molecule has 5 fully saturated rings. The molecule has 146 valence electrons. The molecule has 0 radical (unpaired) electrons. The van der Waals surface area contributed by atoms with Gasteiger partial charge in [0.15, 0.2) is 0 Å². The second-order valence-corrected chi connectivity index (χ2v) is 9.97. The van der Waals surface area contributed by atoms with Gasteiger partial charge in [0.25, 0.3) is 0 Å². The second kappa shape index (κ2) is 5.68. The molecule has 3 aliphatic heterocycles. The highest BCUT2D eigenvalue weighted by molar-refractivity contribution is 5.77. The predicted molar refractivity (Wildman–Crippen MR) is 96.7 cm³/mol. The van der Waals surface area contributed by atoms with E-state index in [0.717, 1.165) is 38.9 Å². The van der Waals surface area contributed by atoms with Crippen LogP contribution in [0.1, 0.15) is 53.4 Å². The average Bonchev–Trinajstić information content (AvgIpc) is 3.18. The first-order valence-electron chi connectivity index (χ1n) is 10.6. The van der Waals surface area contributed by atoms with Gasteiger partial charge in [-0.25, -0.2) is 0 Å². The summed E-state index contributed by atoms with van der Waals surface area (Å²) in [7, 11) is 0. The second-order valence-electron chi connectivity index (χ2n) is 9.97. The minimum absolute atomic E-state index is 0.00551. The van der Waals surface area contributed by atoms with Gasteiger partial charge < -0.3 is 14.2 Å². The third kappa shape index (κ3) is 2.36. The van der Waals surface area contributed by atoms with Crippen molar-refractivity contribution in [3.05, 3.63) is 0 Å². The standard InChI is InChI=1S/C21H33NO4/c1-12-5-6-17-15(11-22-9-13(2)24-14(3)10-22)18(23)25-21(17)16(12)7-8-20(4)19(21)26-20/h12-17,19H,5-11H2,1-4H3/t12-,13+,14+,15+,16-,17+,19+,20+,21+/m0/s1. The molecule has 0 aromatic rings. The first-order valence-corrected chi connectivity index (χ1v) is 10.6. The Balaban J connectivity index is 1.42. The van der Waals surface area contributed by atoms with Gasteiger partial charge in [0.2, 0.25) is 0 Å². The monoisotopic (exact) mass is 363 g/mol. The van der Waals surface area contributed by atoms with Gasteiger partial charge in [-0.2, -0.15) is 0 Å². The van der Waals surface area contributed by atoms with Crippen LogP contribution in [0.5, 0.6) is 0 Å². The largest absolute Gasteiger partial charge is 0.455 e. The van der Waals surface area contributed by atoms with Crippen LogP contribution in [0.2, 0.25) is 0 Å². The Morgan fingerprint density at radius 1 is 1.08 bits per heavy atom. The number of rotatable bonds is 2. The van der Waals surface area contributed by atoms with Gasteiger partial charge in [0.1, 0.15) is 11.7 Å². The van der Waals surface area contributed by atoms with Crippen LogP contribution < -0.4 is 0 Å². The third-order valence-corrected chi connectivity index (χ3v) is 8.04. The summed E-state index contributed by atoms with van der Waals surface area (Å²) in [6.07, 6.45) is 5.14. The fraction of sp³-hybridized carbons (Fsp3) is 0.952. The molecule has 2 saturated carbocycles. The Labute approximate surface area is 156 Å². The number of nitrogens with zero attached hydrogens (tertiary/aromatic N) is 1. The van der Waals surface area contributed by atoms with Crippen LogP contribution in [0, 0.1) is 23.7 Å². The van der Waals surface area contributed by atoms with E-state index < -0.39 is 0 Å². The number of ether oxygens (including phenoxy) is 3. The molecular formula is C21H33NO4. The van der Waals surface area contributed by atoms with E-state index in [1.807, 2.05) is 0 Å². The summed E-state index contributed by atoms with van der Waals surface area (Å²) in [5.74, 6) is 1.43. The molecule has 0 N–H and O–H groups in total. The van der Waals surface area contributed by atoms with Gasteiger partial charge in [0.05, 0.1) is 23.7 Å². The van der Waals surface area contributed by atoms with Crippen LogP contribution in [0.3, 0.4) is 0 Å². The fourth-order valence-corrected chi connectivity index (χ4v) is 6.97. The predicted octanol–water partition coefficient (Wildman–Crippen LogP) is 2.62. The van der Waals surface area contributed by atoms with E-state index in [1.165, 1.54) is 6.42 Å². The number of esters is 1. The zero-order chi connectivity index (χ0) is 18.3. The molecule has 26 heavy (non-hydrogen) atoms. The summed E-state index contributed by atoms with van der Waals surface area (Å²) in [6, 6.07) is 0. The van der Waals surface area contributed by atoms with Crippen LogP contribution >= 0.6 is 0 Å². The lowest BCUT2D eigenvalue weighted by molar-refractivity contribution is -0.168. The lowest BCUT2D eigenvalue weighted by Crippen LogP contribution is -2.58. The summed E-state index contributed by atoms with van der Waals surface area (Å²) in [5, 5.41) is 0. The Kier molecular flexibility index (Phi) is 3.81. The van der Waals surface area contributed by atoms with Crippen molar-refractivity contribution >= 4 is 5.97 Å². The topological polar surface area (TPSA) is 51.3 Å². The maximum Gasteiger partial charge on any atom is 0.311 e. The van der Waals surface area contributed by atoms with Gasteiger partial charge in [0, 0.05) is 31.5 Å². The van der Waals surface area contributed by atoms with Gasteiger partial charge in [-0.05, 0) is 52.4 Å². The molecule has 2 aliphatic carbocycles. The summed E-state index contributed by atoms with van der Waals surface area (Å²) < 4.78 is 18.4. The van der Waals surface area contributed by atoms with Crippen LogP contribution in [-0.4, -0.2) is 60.0 Å². The molecule has 0 bridgehead atoms. The van der Waals surface area contributed by atoms with Crippen molar-refractivity contribution < 1.29 is 19.0 Å². The van der Waals surface area contributed by atoms with Crippen molar-refractivity contribution in [2.75, 3.05) is 19.6 Å². The normalized spacial score (nSPS) is 56.3. The molecule has 5 aliphatic rings. The number of hydrogen-bond acceptors (Lipinski definition) is 5. The van der Waals surface area contributed by atoms with Crippen molar-refractivity contribution in [3.8, 4) is 0 Å². The van der Waals surface area contributed by atoms with E-state index in [9.17, 15) is 4.79 Å². The lowest BCUT2D eigenvalue weighted by Gasteiger charge is -2.50. The van der Waals surface area contributed by atoms with Crippen LogP contribution in [-0.2, 0) is 19.0 Å². The lowest BCUT2D eigenvalue weighted by atomic mass is 9.55. The maximum absolute atomic E-state index is 13.1. The van der Waals surface area contributed by atoms with Crippen LogP contribution in [0.4, 0.5) is 0 Å². The van der Waals surface area contributed by atoms with E-state index in [-0.39, 0.29) is 41.4 Å². The Bertz CT molecular complexity index is 601. The molecule has 0 unspecified atom stereocenters. The first-order chi connectivity index (χ1) is 12.3. The van der Waals surface area contributed by atoms with Crippen molar-refractivity contribution in [3.63, 3.8) is 0 Å². The molecule has 0 aromatic carbocycles. The fourth-order valence-electron chi connectivity index (χ4n) is 6.97. The molecule has 5 rings (SSSR count). The number of carbonyl (C=O) groups excluding carboxylic acids is 1. The van der Waals surface area contributed by atoms with Gasteiger partial charge in [-0.3, -0.25) is 9.69 Å². The van der Waals surface area contributed by atoms with E-state index in [2.05, 4.69) is 32.6 Å². The molecule has 5 nitrogen and oxygen atoms in total. The molecular weight excluding hydrogens is 330 g/mol. The van der Waals surface area contributed by atoms with Gasteiger partial charge in [-0.15, -0.1) is 0 Å². The molecule has 0 aromatic heterocycles. The highest BCUT2D eigenvalue weighted by Crippen LogP contribution is 2.66. The number of fused-ring (bicyclic) bond motifs is 1. The highest BCUT2D eigenvalue weighted by Gasteiger charge is 2.77. The molecule has 3 heterocycles. The number of hydrogen-bond donors (Lipinski definition) is 0. The van der Waals surface area contributed by atoms with Gasteiger partial charge >= 0.3 is 5.97 Å². The number of epoxide rings is 1. The zero-order valence-electron chi connectivity index (χ0n) is 16.6. The molecule has 0 amide bonds. The molecule has 5 heteroatoms. The molecule has 1 spiro atoms. The minimum atomic E-state index is -0.351. The Morgan fingerprint density at radius 3 is 2.54 bits per heavy atom. The summed E-state index contributed by atoms with van der Waals surface area (Å²) >= 11 is 0. The summed E-state index contributed by atoms with van der Waals surface area (Å²) in [6.45, 7) is 11.4. The van der Waals surface area contributed by atoms with Crippen molar-refractivity contribution in [1.29, 1.82) is 0 Å². The van der Waals surface area contributed by atoms with Crippen molar-refractivity contribution in [2.24, 2.45) is 23.7 Å². The van der Waals surface area contributed by atoms with Crippen molar-refractivity contribution in [2.45, 2.75) is 82.9 Å². The third-order valence-electron chi connectivity index (χ3n) is 8.04. The molecule has 3 saturated heterocycles. The Hall–Kier alpha value is -0.650. The number of carbonyl (C=O) groups is 1. The van der Waals surface area contributed by atoms with E-state index >= 15 is 0 Å². The smallest absolute Gasteiger partial charge is 0.311 e. The zero-order valence-corrected chi connectivity index (χ0v) is 16.6. The van der Waals surface area contributed by atoms with Crippen LogP contribution in [0.25, 0.3) is 0 Å². The summed E-state index contributed by atoms with van der Waals surface area (Å²) in [5.41, 5.74) is -0.404. The van der Waals surface area contributed by atoms with E-state index in [1.54, 1.807) is 0 Å². The van der Waals surface area contributed by atoms with Crippen LogP contribution in [0.15, 0.2) is 0 Å². The quantitative estimate of drug-likeness (QED) is 0.558. The summed E-state index contributed by atoms with van der Waals surface area (Å²) in [4.78, 5) is 15.5. The minimum Gasteiger partial charge on any atom is -0.455 e. The average molecular weight is 363 g/mol. The van der Waals surface area contributed by atoms with Crippen molar-refractivity contribution in [1.82, 2.24) is 4.90 Å². The highest BCUT2D eigenvalue weighted by atomic mass is 16.7. The maximum atomic E-state index is 13.1. The number of morpholine rings is 1. The van der Waals surface area contributed by atoms with Gasteiger partial charge in [-0.1, -0.05) is 6.92 Å². The van der Waals surface area contributed by atoms with E-state index in [0.29, 0.717) is 17.8 Å². The Morgan fingerprint density at radius 2 is 1.81 bits per heavy atom. The SMILES string of the molecule is C[C@@H]1CN(C[C@H]2C(=O)O[C@@]34[C@@H]2CC[C@H](C)[C@@H]3CC[C@@]2(C)O[C@@H]42)C[C@@H](C)O1. The van der Waals surface area contributed by atoms with E-state index in [4.69, 9.17) is 14.2 Å².